The van der Waals surface area contributed by atoms with Crippen LogP contribution in [0.2, 0.25) is 0 Å². The maximum absolute atomic E-state index is 10.7. The number of aryl methyl sites for hydroxylation is 1. The first-order valence-corrected chi connectivity index (χ1v) is 3.64. The molecule has 1 aromatic rings. The first-order valence-electron chi connectivity index (χ1n) is 3.64. The number of primary amides is 1. The maximum atomic E-state index is 10.7. The number of hydrogen-bond acceptors (Lipinski definition) is 3. The SMILES string of the molecule is Cc1ccc(N(N=O)C(N)=O)cc1. The van der Waals surface area contributed by atoms with Crippen molar-refractivity contribution in [2.75, 3.05) is 5.01 Å². The molecule has 1 aromatic carbocycles. The van der Waals surface area contributed by atoms with Gasteiger partial charge in [-0.25, -0.2) is 4.79 Å². The molecular weight excluding hydrogens is 170 g/mol. The fraction of sp³-hybridized carbons (Fsp3) is 0.125. The molecule has 0 aliphatic heterocycles. The van der Waals surface area contributed by atoms with Crippen LogP contribution in [0.3, 0.4) is 0 Å². The molecule has 5 heteroatoms. The van der Waals surface area contributed by atoms with E-state index in [-0.39, 0.29) is 0 Å². The van der Waals surface area contributed by atoms with E-state index >= 15 is 0 Å². The lowest BCUT2D eigenvalue weighted by molar-refractivity contribution is 0.254. The summed E-state index contributed by atoms with van der Waals surface area (Å²) in [6, 6.07) is 5.83. The quantitative estimate of drug-likeness (QED) is 0.552. The summed E-state index contributed by atoms with van der Waals surface area (Å²) in [5.74, 6) is 0. The van der Waals surface area contributed by atoms with Gasteiger partial charge >= 0.3 is 6.03 Å². The highest BCUT2D eigenvalue weighted by atomic mass is 16.3. The minimum absolute atomic E-state index is 0.369. The van der Waals surface area contributed by atoms with Crippen LogP contribution >= 0.6 is 0 Å². The van der Waals surface area contributed by atoms with Crippen molar-refractivity contribution in [1.29, 1.82) is 0 Å². The van der Waals surface area contributed by atoms with E-state index in [1.165, 1.54) is 0 Å². The van der Waals surface area contributed by atoms with Crippen molar-refractivity contribution in [3.05, 3.63) is 34.7 Å². The molecule has 0 aliphatic rings. The average molecular weight is 179 g/mol. The number of carbonyl (C=O) groups excluding carboxylic acids is 1. The molecule has 68 valence electrons. The van der Waals surface area contributed by atoms with E-state index in [0.29, 0.717) is 10.7 Å². The molecule has 0 aromatic heterocycles. The molecule has 0 atom stereocenters. The lowest BCUT2D eigenvalue weighted by atomic mass is 10.2. The molecule has 2 N–H and O–H groups in total. The van der Waals surface area contributed by atoms with Crippen LogP contribution in [0.4, 0.5) is 10.5 Å². The van der Waals surface area contributed by atoms with E-state index in [0.717, 1.165) is 5.56 Å². The molecule has 0 fully saturated rings. The molecule has 13 heavy (non-hydrogen) atoms. The summed E-state index contributed by atoms with van der Waals surface area (Å²) in [7, 11) is 0. The Morgan fingerprint density at radius 1 is 1.38 bits per heavy atom. The summed E-state index contributed by atoms with van der Waals surface area (Å²) in [6.07, 6.45) is 0. The normalized spacial score (nSPS) is 9.31. The minimum Gasteiger partial charge on any atom is -0.350 e. The number of anilines is 1. The predicted octanol–water partition coefficient (Wildman–Crippen LogP) is 1.56. The average Bonchev–Trinajstić information content (AvgIpc) is 2.09. The molecule has 0 saturated heterocycles. The fourth-order valence-corrected chi connectivity index (χ4v) is 0.901. The van der Waals surface area contributed by atoms with Gasteiger partial charge in [-0.05, 0) is 19.1 Å². The zero-order valence-corrected chi connectivity index (χ0v) is 7.10. The van der Waals surface area contributed by atoms with E-state index in [1.54, 1.807) is 24.3 Å². The third-order valence-corrected chi connectivity index (χ3v) is 1.57. The first kappa shape index (κ1) is 9.18. The molecule has 0 spiro atoms. The number of nitroso groups, excluding NO2 is 1. The molecular formula is C8H9N3O2. The van der Waals surface area contributed by atoms with Crippen molar-refractivity contribution in [1.82, 2.24) is 0 Å². The highest BCUT2D eigenvalue weighted by Crippen LogP contribution is 2.14. The summed E-state index contributed by atoms with van der Waals surface area (Å²) in [5, 5.41) is 3.09. The van der Waals surface area contributed by atoms with Crippen LogP contribution in [0.1, 0.15) is 5.56 Å². The second kappa shape index (κ2) is 3.66. The molecule has 0 heterocycles. The van der Waals surface area contributed by atoms with Gasteiger partial charge in [0.1, 0.15) is 0 Å². The van der Waals surface area contributed by atoms with E-state index in [2.05, 4.69) is 5.29 Å². The zero-order chi connectivity index (χ0) is 9.84. The van der Waals surface area contributed by atoms with Gasteiger partial charge in [-0.1, -0.05) is 17.7 Å². The van der Waals surface area contributed by atoms with Crippen LogP contribution in [0, 0.1) is 11.8 Å². The molecule has 0 unspecified atom stereocenters. The summed E-state index contributed by atoms with van der Waals surface area (Å²) in [5.41, 5.74) is 6.31. The molecule has 0 aliphatic carbocycles. The number of carbonyl (C=O) groups is 1. The second-order valence-corrected chi connectivity index (χ2v) is 2.57. The minimum atomic E-state index is -0.890. The van der Waals surface area contributed by atoms with Gasteiger partial charge in [-0.15, -0.1) is 9.92 Å². The van der Waals surface area contributed by atoms with E-state index in [9.17, 15) is 9.70 Å². The predicted molar refractivity (Wildman–Crippen MR) is 49.0 cm³/mol. The van der Waals surface area contributed by atoms with Crippen LogP contribution in [0.15, 0.2) is 29.6 Å². The molecule has 1 rings (SSSR count). The molecule has 0 bridgehead atoms. The monoisotopic (exact) mass is 179 g/mol. The Kier molecular flexibility index (Phi) is 2.59. The van der Waals surface area contributed by atoms with Gasteiger partial charge in [-0.3, -0.25) is 0 Å². The third kappa shape index (κ3) is 2.02. The van der Waals surface area contributed by atoms with Crippen LogP contribution in [0.5, 0.6) is 0 Å². The van der Waals surface area contributed by atoms with Crippen LogP contribution in [0.25, 0.3) is 0 Å². The summed E-state index contributed by atoms with van der Waals surface area (Å²) in [4.78, 5) is 20.9. The Balaban J connectivity index is 2.99. The molecule has 5 nitrogen and oxygen atoms in total. The number of benzene rings is 1. The van der Waals surface area contributed by atoms with Gasteiger partial charge in [-0.2, -0.15) is 0 Å². The molecule has 2 amide bonds. The lowest BCUT2D eigenvalue weighted by Gasteiger charge is -2.09. The topological polar surface area (TPSA) is 75.8 Å². The number of amides is 2. The number of nitrogens with two attached hydrogens (primary N) is 1. The first-order chi connectivity index (χ1) is 6.15. The number of urea groups is 1. The maximum Gasteiger partial charge on any atom is 0.342 e. The Bertz CT molecular complexity index is 321. The van der Waals surface area contributed by atoms with E-state index in [1.807, 2.05) is 6.92 Å². The van der Waals surface area contributed by atoms with Gasteiger partial charge in [0.05, 0.1) is 11.0 Å². The van der Waals surface area contributed by atoms with Gasteiger partial charge < -0.3 is 5.73 Å². The summed E-state index contributed by atoms with van der Waals surface area (Å²) in [6.45, 7) is 1.90. The second-order valence-electron chi connectivity index (χ2n) is 2.57. The number of rotatable bonds is 2. The Labute approximate surface area is 75.1 Å². The van der Waals surface area contributed by atoms with Crippen LogP contribution in [-0.4, -0.2) is 6.03 Å². The largest absolute Gasteiger partial charge is 0.350 e. The Morgan fingerprint density at radius 2 is 1.92 bits per heavy atom. The highest BCUT2D eigenvalue weighted by Gasteiger charge is 2.11. The third-order valence-electron chi connectivity index (χ3n) is 1.57. The fourth-order valence-electron chi connectivity index (χ4n) is 0.901. The standard InChI is InChI=1S/C8H9N3O2/c1-6-2-4-7(5-3-6)11(10-13)8(9)12/h2-5H,1H3,(H2,9,12). The van der Waals surface area contributed by atoms with E-state index in [4.69, 9.17) is 5.73 Å². The Morgan fingerprint density at radius 3 is 2.31 bits per heavy atom. The smallest absolute Gasteiger partial charge is 0.342 e. The van der Waals surface area contributed by atoms with Crippen molar-refractivity contribution in [3.8, 4) is 0 Å². The van der Waals surface area contributed by atoms with Crippen molar-refractivity contribution < 1.29 is 4.79 Å². The summed E-state index contributed by atoms with van der Waals surface area (Å²) >= 11 is 0. The highest BCUT2D eigenvalue weighted by molar-refractivity contribution is 5.89. The number of nitrogens with zero attached hydrogens (tertiary/aromatic N) is 2. The van der Waals surface area contributed by atoms with Gasteiger partial charge in [0.15, 0.2) is 0 Å². The van der Waals surface area contributed by atoms with Crippen LogP contribution < -0.4 is 10.7 Å². The van der Waals surface area contributed by atoms with Gasteiger partial charge in [0, 0.05) is 0 Å². The zero-order valence-electron chi connectivity index (χ0n) is 7.10. The van der Waals surface area contributed by atoms with Crippen molar-refractivity contribution in [2.45, 2.75) is 6.92 Å². The Hall–Kier alpha value is -1.91. The van der Waals surface area contributed by atoms with Gasteiger partial charge in [0.25, 0.3) is 0 Å². The van der Waals surface area contributed by atoms with Crippen molar-refractivity contribution in [2.24, 2.45) is 11.0 Å². The van der Waals surface area contributed by atoms with Gasteiger partial charge in [0.2, 0.25) is 0 Å². The van der Waals surface area contributed by atoms with Crippen molar-refractivity contribution in [3.63, 3.8) is 0 Å². The lowest BCUT2D eigenvalue weighted by Crippen LogP contribution is -2.30. The molecule has 0 saturated carbocycles. The summed E-state index contributed by atoms with van der Waals surface area (Å²) < 4.78 is 0. The molecule has 0 radical (unpaired) electrons. The number of hydrogen-bond donors (Lipinski definition) is 1. The van der Waals surface area contributed by atoms with E-state index < -0.39 is 6.03 Å². The van der Waals surface area contributed by atoms with Crippen molar-refractivity contribution >= 4 is 11.7 Å². The van der Waals surface area contributed by atoms with Crippen LogP contribution in [-0.2, 0) is 0 Å².